The Kier molecular flexibility index (Phi) is 2.92. The van der Waals surface area contributed by atoms with Gasteiger partial charge in [-0.1, -0.05) is 15.9 Å². The maximum Gasteiger partial charge on any atom is 0.339 e. The average Bonchev–Trinajstić information content (AvgIpc) is 2.32. The van der Waals surface area contributed by atoms with Crippen molar-refractivity contribution in [1.29, 1.82) is 0 Å². The summed E-state index contributed by atoms with van der Waals surface area (Å²) in [5, 5.41) is 0.956. The highest BCUT2D eigenvalue weighted by Crippen LogP contribution is 2.25. The van der Waals surface area contributed by atoms with Crippen LogP contribution >= 0.6 is 15.9 Å². The predicted molar refractivity (Wildman–Crippen MR) is 65.5 cm³/mol. The Bertz CT molecular complexity index is 566. The third kappa shape index (κ3) is 1.80. The second-order valence-corrected chi connectivity index (χ2v) is 4.31. The summed E-state index contributed by atoms with van der Waals surface area (Å²) in [5.41, 5.74) is 2.40. The molecular formula is C12H10BrNO2. The zero-order valence-corrected chi connectivity index (χ0v) is 10.5. The van der Waals surface area contributed by atoms with Gasteiger partial charge >= 0.3 is 5.97 Å². The average molecular weight is 280 g/mol. The SMILES string of the molecule is COC(=O)c1cnc2ccc(Br)c(C)c2c1. The largest absolute Gasteiger partial charge is 0.465 e. The quantitative estimate of drug-likeness (QED) is 0.753. The van der Waals surface area contributed by atoms with Gasteiger partial charge in [-0.2, -0.15) is 0 Å². The first-order chi connectivity index (χ1) is 7.63. The Morgan fingerprint density at radius 2 is 2.19 bits per heavy atom. The number of ether oxygens (including phenoxy) is 1. The molecule has 0 N–H and O–H groups in total. The van der Waals surface area contributed by atoms with Gasteiger partial charge in [0, 0.05) is 16.1 Å². The molecule has 1 aromatic carbocycles. The predicted octanol–water partition coefficient (Wildman–Crippen LogP) is 3.09. The summed E-state index contributed by atoms with van der Waals surface area (Å²) in [4.78, 5) is 15.6. The van der Waals surface area contributed by atoms with E-state index in [4.69, 9.17) is 0 Å². The van der Waals surface area contributed by atoms with Gasteiger partial charge in [0.2, 0.25) is 0 Å². The minimum Gasteiger partial charge on any atom is -0.465 e. The van der Waals surface area contributed by atoms with E-state index in [1.807, 2.05) is 19.1 Å². The number of hydrogen-bond donors (Lipinski definition) is 0. The Labute approximate surface area is 102 Å². The van der Waals surface area contributed by atoms with Crippen LogP contribution < -0.4 is 0 Å². The van der Waals surface area contributed by atoms with Gasteiger partial charge in [0.15, 0.2) is 0 Å². The number of nitrogens with zero attached hydrogens (tertiary/aromatic N) is 1. The molecule has 0 aliphatic carbocycles. The molecule has 0 fully saturated rings. The smallest absolute Gasteiger partial charge is 0.339 e. The fourth-order valence-electron chi connectivity index (χ4n) is 1.54. The number of esters is 1. The number of aromatic nitrogens is 1. The topological polar surface area (TPSA) is 39.2 Å². The van der Waals surface area contributed by atoms with E-state index in [0.29, 0.717) is 5.56 Å². The van der Waals surface area contributed by atoms with E-state index in [9.17, 15) is 4.79 Å². The van der Waals surface area contributed by atoms with E-state index >= 15 is 0 Å². The summed E-state index contributed by atoms with van der Waals surface area (Å²) in [6.45, 7) is 1.98. The second-order valence-electron chi connectivity index (χ2n) is 3.45. The molecule has 0 atom stereocenters. The van der Waals surface area contributed by atoms with Crippen molar-refractivity contribution >= 4 is 32.8 Å². The van der Waals surface area contributed by atoms with Crippen LogP contribution in [0.4, 0.5) is 0 Å². The van der Waals surface area contributed by atoms with Crippen LogP contribution in [-0.4, -0.2) is 18.1 Å². The van der Waals surface area contributed by atoms with Crippen molar-refractivity contribution in [3.8, 4) is 0 Å². The van der Waals surface area contributed by atoms with Gasteiger partial charge in [-0.25, -0.2) is 4.79 Å². The molecule has 2 rings (SSSR count). The lowest BCUT2D eigenvalue weighted by molar-refractivity contribution is 0.0600. The standard InChI is InChI=1S/C12H10BrNO2/c1-7-9-5-8(12(15)16-2)6-14-11(9)4-3-10(7)13/h3-6H,1-2H3. The molecule has 0 saturated heterocycles. The number of carbonyl (C=O) groups is 1. The Balaban J connectivity index is 2.69. The first-order valence-electron chi connectivity index (χ1n) is 4.76. The van der Waals surface area contributed by atoms with Crippen molar-refractivity contribution in [3.63, 3.8) is 0 Å². The number of aryl methyl sites for hydroxylation is 1. The van der Waals surface area contributed by atoms with Crippen LogP contribution in [0.3, 0.4) is 0 Å². The Hall–Kier alpha value is -1.42. The van der Waals surface area contributed by atoms with Gasteiger partial charge in [0.05, 0.1) is 18.2 Å². The van der Waals surface area contributed by atoms with Gasteiger partial charge in [-0.15, -0.1) is 0 Å². The molecule has 0 saturated carbocycles. The zero-order valence-electron chi connectivity index (χ0n) is 8.95. The van der Waals surface area contributed by atoms with Crippen LogP contribution in [0.2, 0.25) is 0 Å². The Morgan fingerprint density at radius 1 is 1.44 bits per heavy atom. The maximum atomic E-state index is 11.4. The number of hydrogen-bond acceptors (Lipinski definition) is 3. The molecule has 4 heteroatoms. The number of fused-ring (bicyclic) bond motifs is 1. The van der Waals surface area contributed by atoms with E-state index in [1.165, 1.54) is 13.3 Å². The van der Waals surface area contributed by atoms with Gasteiger partial charge < -0.3 is 4.74 Å². The summed E-state index contributed by atoms with van der Waals surface area (Å²) < 4.78 is 5.67. The van der Waals surface area contributed by atoms with Crippen LogP contribution in [-0.2, 0) is 4.74 Å². The molecule has 0 spiro atoms. The normalized spacial score (nSPS) is 10.4. The number of methoxy groups -OCH3 is 1. The lowest BCUT2D eigenvalue weighted by atomic mass is 10.1. The molecule has 0 unspecified atom stereocenters. The highest BCUT2D eigenvalue weighted by molar-refractivity contribution is 9.10. The fourth-order valence-corrected chi connectivity index (χ4v) is 1.89. The molecule has 0 bridgehead atoms. The summed E-state index contributed by atoms with van der Waals surface area (Å²) in [6, 6.07) is 5.66. The highest BCUT2D eigenvalue weighted by Gasteiger charge is 2.09. The van der Waals surface area contributed by atoms with Gasteiger partial charge in [-0.3, -0.25) is 4.98 Å². The summed E-state index contributed by atoms with van der Waals surface area (Å²) in [7, 11) is 1.36. The number of benzene rings is 1. The van der Waals surface area contributed by atoms with Crippen molar-refractivity contribution < 1.29 is 9.53 Å². The molecule has 3 nitrogen and oxygen atoms in total. The van der Waals surface area contributed by atoms with Crippen LogP contribution in [0, 0.1) is 6.92 Å². The van der Waals surface area contributed by atoms with E-state index in [0.717, 1.165) is 20.9 Å². The minimum atomic E-state index is -0.367. The summed E-state index contributed by atoms with van der Waals surface area (Å²) >= 11 is 3.45. The molecule has 0 aliphatic heterocycles. The van der Waals surface area contributed by atoms with Crippen molar-refractivity contribution in [2.45, 2.75) is 6.92 Å². The van der Waals surface area contributed by atoms with Gasteiger partial charge in [0.25, 0.3) is 0 Å². The third-order valence-electron chi connectivity index (χ3n) is 2.49. The molecule has 0 aliphatic rings. The number of rotatable bonds is 1. The van der Waals surface area contributed by atoms with E-state index in [1.54, 1.807) is 6.07 Å². The number of halogens is 1. The number of carbonyl (C=O) groups excluding carboxylic acids is 1. The maximum absolute atomic E-state index is 11.4. The van der Waals surface area contributed by atoms with Gasteiger partial charge in [0.1, 0.15) is 0 Å². The number of pyridine rings is 1. The molecule has 1 aromatic heterocycles. The monoisotopic (exact) mass is 279 g/mol. The zero-order chi connectivity index (χ0) is 11.7. The van der Waals surface area contributed by atoms with Crippen LogP contribution in [0.1, 0.15) is 15.9 Å². The van der Waals surface area contributed by atoms with E-state index in [-0.39, 0.29) is 5.97 Å². The summed E-state index contributed by atoms with van der Waals surface area (Å²) in [5.74, 6) is -0.367. The molecule has 16 heavy (non-hydrogen) atoms. The van der Waals surface area contributed by atoms with Gasteiger partial charge in [-0.05, 0) is 30.7 Å². The molecule has 1 heterocycles. The molecular weight excluding hydrogens is 270 g/mol. The molecule has 2 aromatic rings. The lowest BCUT2D eigenvalue weighted by Crippen LogP contribution is -2.02. The first kappa shape index (κ1) is 11.1. The summed E-state index contributed by atoms with van der Waals surface area (Å²) in [6.07, 6.45) is 1.53. The van der Waals surface area contributed by atoms with Crippen LogP contribution in [0.15, 0.2) is 28.9 Å². The second kappa shape index (κ2) is 4.22. The minimum absolute atomic E-state index is 0.367. The molecule has 82 valence electrons. The van der Waals surface area contributed by atoms with Crippen molar-refractivity contribution in [2.75, 3.05) is 7.11 Å². The molecule has 0 radical (unpaired) electrons. The molecule has 0 amide bonds. The first-order valence-corrected chi connectivity index (χ1v) is 5.56. The van der Waals surface area contributed by atoms with Crippen LogP contribution in [0.25, 0.3) is 10.9 Å². The van der Waals surface area contributed by atoms with Crippen molar-refractivity contribution in [1.82, 2.24) is 4.98 Å². The third-order valence-corrected chi connectivity index (χ3v) is 3.35. The highest BCUT2D eigenvalue weighted by atomic mass is 79.9. The van der Waals surface area contributed by atoms with E-state index in [2.05, 4.69) is 25.7 Å². The lowest BCUT2D eigenvalue weighted by Gasteiger charge is -2.05. The van der Waals surface area contributed by atoms with E-state index < -0.39 is 0 Å². The van der Waals surface area contributed by atoms with Crippen LogP contribution in [0.5, 0.6) is 0 Å². The van der Waals surface area contributed by atoms with Crippen molar-refractivity contribution in [3.05, 3.63) is 40.0 Å². The fraction of sp³-hybridized carbons (Fsp3) is 0.167. The Morgan fingerprint density at radius 3 is 2.88 bits per heavy atom. The van der Waals surface area contributed by atoms with Crippen molar-refractivity contribution in [2.24, 2.45) is 0 Å².